The number of rotatable bonds is 6. The summed E-state index contributed by atoms with van der Waals surface area (Å²) in [6, 6.07) is 71.0. The Morgan fingerprint density at radius 1 is 0.473 bits per heavy atom. The van der Waals surface area contributed by atoms with Gasteiger partial charge in [-0.3, -0.25) is 4.57 Å². The first-order chi connectivity index (χ1) is 27.2. The Morgan fingerprint density at radius 3 is 1.80 bits per heavy atom. The molecule has 0 bridgehead atoms. The van der Waals surface area contributed by atoms with E-state index in [-0.39, 0.29) is 0 Å². The molecule has 0 N–H and O–H groups in total. The Balaban J connectivity index is 1.09. The molecule has 8 aromatic carbocycles. The first-order valence-corrected chi connectivity index (χ1v) is 21.2. The van der Waals surface area contributed by atoms with E-state index in [2.05, 4.69) is 187 Å². The van der Waals surface area contributed by atoms with Gasteiger partial charge < -0.3 is 4.42 Å². The van der Waals surface area contributed by atoms with E-state index in [0.717, 1.165) is 44.5 Å². The van der Waals surface area contributed by atoms with Gasteiger partial charge in [0.1, 0.15) is 17.0 Å². The number of hydrogen-bond donors (Lipinski definition) is 0. The van der Waals surface area contributed by atoms with Gasteiger partial charge in [0.2, 0.25) is 0 Å². The molecular formula is C50H34N2OS2. The zero-order valence-corrected chi connectivity index (χ0v) is 31.4. The molecule has 1 aliphatic heterocycles. The van der Waals surface area contributed by atoms with Crippen LogP contribution in [-0.4, -0.2) is 9.55 Å². The fourth-order valence-corrected chi connectivity index (χ4v) is 13.2. The minimum Gasteiger partial charge on any atom is -0.456 e. The monoisotopic (exact) mass is 742 g/mol. The number of fused-ring (bicyclic) bond motifs is 8. The highest BCUT2D eigenvalue weighted by Gasteiger charge is 2.34. The van der Waals surface area contributed by atoms with Crippen molar-refractivity contribution in [3.8, 4) is 27.9 Å². The number of hydrogen-bond acceptors (Lipinski definition) is 3. The van der Waals surface area contributed by atoms with Gasteiger partial charge in [0.25, 0.3) is 0 Å². The summed E-state index contributed by atoms with van der Waals surface area (Å²) in [6.45, 7) is 0. The summed E-state index contributed by atoms with van der Waals surface area (Å²) in [7, 11) is -1.95. The van der Waals surface area contributed by atoms with Gasteiger partial charge in [-0.15, -0.1) is 21.8 Å². The highest BCUT2D eigenvalue weighted by molar-refractivity contribution is 8.34. The molecule has 0 atom stereocenters. The van der Waals surface area contributed by atoms with Crippen LogP contribution in [0.2, 0.25) is 0 Å². The van der Waals surface area contributed by atoms with Crippen LogP contribution in [-0.2, 0) is 5.75 Å². The summed E-state index contributed by atoms with van der Waals surface area (Å²) in [5, 5.41) is 2.27. The first kappa shape index (κ1) is 32.2. The number of thioether (sulfide) groups is 1. The fourth-order valence-electron chi connectivity index (χ4n) is 8.28. The van der Waals surface area contributed by atoms with Crippen LogP contribution in [0.3, 0.4) is 0 Å². The second-order valence-electron chi connectivity index (χ2n) is 13.9. The molecule has 5 heteroatoms. The van der Waals surface area contributed by atoms with Crippen molar-refractivity contribution < 1.29 is 4.42 Å². The van der Waals surface area contributed by atoms with Gasteiger partial charge in [0, 0.05) is 35.2 Å². The lowest BCUT2D eigenvalue weighted by atomic mass is 10.0. The van der Waals surface area contributed by atoms with Crippen LogP contribution in [0.5, 0.6) is 0 Å². The average Bonchev–Trinajstić information content (AvgIpc) is 3.83. The van der Waals surface area contributed by atoms with Crippen molar-refractivity contribution in [3.63, 3.8) is 0 Å². The molecule has 1 aliphatic rings. The zero-order chi connectivity index (χ0) is 36.3. The lowest BCUT2D eigenvalue weighted by Gasteiger charge is -2.42. The van der Waals surface area contributed by atoms with Crippen molar-refractivity contribution in [1.29, 1.82) is 0 Å². The molecule has 0 saturated carbocycles. The maximum Gasteiger partial charge on any atom is 0.135 e. The number of para-hydroxylation sites is 3. The molecule has 2 aromatic heterocycles. The quantitative estimate of drug-likeness (QED) is 0.170. The molecule has 3 nitrogen and oxygen atoms in total. The predicted octanol–water partition coefficient (Wildman–Crippen LogP) is 14.2. The van der Waals surface area contributed by atoms with E-state index in [1.54, 1.807) is 0 Å². The number of benzene rings is 8. The third-order valence-electron chi connectivity index (χ3n) is 10.8. The van der Waals surface area contributed by atoms with Crippen LogP contribution < -0.4 is 0 Å². The summed E-state index contributed by atoms with van der Waals surface area (Å²) < 4.78 is 8.54. The highest BCUT2D eigenvalue weighted by atomic mass is 32.3. The topological polar surface area (TPSA) is 31.0 Å². The summed E-state index contributed by atoms with van der Waals surface area (Å²) in [4.78, 5) is 11.4. The van der Waals surface area contributed by atoms with Gasteiger partial charge >= 0.3 is 0 Å². The van der Waals surface area contributed by atoms with E-state index >= 15 is 0 Å². The Labute approximate surface area is 325 Å². The molecule has 10 aromatic rings. The Bertz CT molecular complexity index is 3020. The van der Waals surface area contributed by atoms with E-state index in [1.165, 1.54) is 52.4 Å². The molecular weight excluding hydrogens is 709 g/mol. The van der Waals surface area contributed by atoms with E-state index in [9.17, 15) is 0 Å². The molecule has 0 saturated heterocycles. The maximum atomic E-state index is 6.20. The van der Waals surface area contributed by atoms with Crippen LogP contribution in [0.15, 0.2) is 223 Å². The van der Waals surface area contributed by atoms with Crippen LogP contribution >= 0.6 is 21.8 Å². The number of furan rings is 1. The molecule has 55 heavy (non-hydrogen) atoms. The molecule has 262 valence electrons. The molecule has 0 spiro atoms. The van der Waals surface area contributed by atoms with E-state index in [4.69, 9.17) is 9.40 Å². The predicted molar refractivity (Wildman–Crippen MR) is 229 cm³/mol. The van der Waals surface area contributed by atoms with Gasteiger partial charge in [0.05, 0.1) is 22.5 Å². The molecule has 0 radical (unpaired) electrons. The number of nitrogens with zero attached hydrogens (tertiary/aromatic N) is 2. The standard InChI is InChI=1S/C50H34N2OS2/c1-3-15-38(16-4-1)55(39-17-5-2-6-18-39,40-19-11-13-34(29-40)36-26-28-48-43(31-36)42-21-7-10-24-47(42)53-48)41-20-12-14-35(30-41)37-25-27-46-49(32-37)54-33-50-51-44-22-8-9-23-45(44)52(46)50/h1-32H,33H2. The van der Waals surface area contributed by atoms with Crippen LogP contribution in [0.4, 0.5) is 0 Å². The Hall–Kier alpha value is -6.27. The average molecular weight is 743 g/mol. The van der Waals surface area contributed by atoms with Crippen LogP contribution in [0, 0.1) is 0 Å². The van der Waals surface area contributed by atoms with Gasteiger partial charge in [0.15, 0.2) is 0 Å². The second-order valence-corrected chi connectivity index (χ2v) is 18.1. The molecule has 0 amide bonds. The normalized spacial score (nSPS) is 12.9. The van der Waals surface area contributed by atoms with Gasteiger partial charge in [-0.05, 0) is 113 Å². The van der Waals surface area contributed by atoms with Crippen molar-refractivity contribution in [3.05, 3.63) is 200 Å². The van der Waals surface area contributed by atoms with Gasteiger partial charge in [-0.2, -0.15) is 0 Å². The first-order valence-electron chi connectivity index (χ1n) is 18.5. The molecule has 0 unspecified atom stereocenters. The lowest BCUT2D eigenvalue weighted by Crippen LogP contribution is -2.07. The SMILES string of the molecule is c1ccc(S(c2ccccc2)(c2cccc(-c3ccc4c(c3)SCc3nc5ccccc5n3-4)c2)c2cccc(-c3ccc4oc5ccccc5c4c3)c2)cc1. The van der Waals surface area contributed by atoms with Gasteiger partial charge in [-0.25, -0.2) is 4.98 Å². The van der Waals surface area contributed by atoms with Crippen molar-refractivity contribution in [2.75, 3.05) is 0 Å². The largest absolute Gasteiger partial charge is 0.456 e. The van der Waals surface area contributed by atoms with Crippen LogP contribution in [0.25, 0.3) is 60.9 Å². The minimum atomic E-state index is -1.95. The van der Waals surface area contributed by atoms with Crippen LogP contribution in [0.1, 0.15) is 5.82 Å². The molecule has 0 aliphatic carbocycles. The number of aromatic nitrogens is 2. The summed E-state index contributed by atoms with van der Waals surface area (Å²) in [5.41, 5.74) is 10.0. The van der Waals surface area contributed by atoms with Crippen molar-refractivity contribution >= 4 is 54.8 Å². The van der Waals surface area contributed by atoms with E-state index in [1.807, 2.05) is 23.9 Å². The van der Waals surface area contributed by atoms with Crippen molar-refractivity contribution in [2.45, 2.75) is 30.2 Å². The Kier molecular flexibility index (Phi) is 7.58. The van der Waals surface area contributed by atoms with Crippen molar-refractivity contribution in [2.24, 2.45) is 0 Å². The molecule has 0 fully saturated rings. The fraction of sp³-hybridized carbons (Fsp3) is 0.0200. The van der Waals surface area contributed by atoms with E-state index < -0.39 is 10.0 Å². The third-order valence-corrected chi connectivity index (χ3v) is 15.7. The maximum absolute atomic E-state index is 6.20. The second kappa shape index (κ2) is 12.9. The molecule has 11 rings (SSSR count). The Morgan fingerprint density at radius 2 is 1.05 bits per heavy atom. The number of imidazole rings is 1. The van der Waals surface area contributed by atoms with Gasteiger partial charge in [-0.1, -0.05) is 103 Å². The smallest absolute Gasteiger partial charge is 0.135 e. The lowest BCUT2D eigenvalue weighted by molar-refractivity contribution is 0.669. The third kappa shape index (κ3) is 5.19. The van der Waals surface area contributed by atoms with E-state index in [0.29, 0.717) is 0 Å². The molecule has 3 heterocycles. The summed E-state index contributed by atoms with van der Waals surface area (Å²) in [6.07, 6.45) is 0. The zero-order valence-electron chi connectivity index (χ0n) is 29.8. The summed E-state index contributed by atoms with van der Waals surface area (Å²) in [5.74, 6) is 1.95. The highest BCUT2D eigenvalue weighted by Crippen LogP contribution is 2.73. The van der Waals surface area contributed by atoms with Crippen molar-refractivity contribution in [1.82, 2.24) is 9.55 Å². The minimum absolute atomic E-state index is 0.848. The summed E-state index contributed by atoms with van der Waals surface area (Å²) >= 11 is 1.87.